The molecule has 2 aromatic rings. The average molecular weight is 440 g/mol. The molecule has 0 spiro atoms. The highest BCUT2D eigenvalue weighted by molar-refractivity contribution is 9.10. The predicted molar refractivity (Wildman–Crippen MR) is 106 cm³/mol. The maximum absolute atomic E-state index is 12.5. The van der Waals surface area contributed by atoms with E-state index in [2.05, 4.69) is 26.1 Å². The number of sulfone groups is 1. The molecule has 1 amide bonds. The molecular formula is C18H22BrN3O3S. The molecule has 1 N–H and O–H groups in total. The Bertz CT molecular complexity index is 894. The quantitative estimate of drug-likeness (QED) is 0.772. The summed E-state index contributed by atoms with van der Waals surface area (Å²) in [4.78, 5) is 14.6. The second kappa shape index (κ2) is 7.94. The molecule has 1 saturated heterocycles. The number of amides is 1. The molecule has 0 unspecified atom stereocenters. The average Bonchev–Trinajstić information content (AvgIpc) is 2.98. The van der Waals surface area contributed by atoms with Crippen LogP contribution in [-0.2, 0) is 16.9 Å². The number of carbonyl (C=O) groups is 1. The lowest BCUT2D eigenvalue weighted by Crippen LogP contribution is -2.44. The number of rotatable bonds is 5. The molecule has 1 fully saturated rings. The van der Waals surface area contributed by atoms with Gasteiger partial charge >= 0.3 is 0 Å². The molecule has 1 aromatic carbocycles. The van der Waals surface area contributed by atoms with Crippen LogP contribution < -0.4 is 5.32 Å². The van der Waals surface area contributed by atoms with Crippen LogP contribution in [0.5, 0.6) is 0 Å². The van der Waals surface area contributed by atoms with Crippen molar-refractivity contribution in [1.82, 2.24) is 14.8 Å². The van der Waals surface area contributed by atoms with Crippen molar-refractivity contribution >= 4 is 31.7 Å². The minimum atomic E-state index is -2.87. The van der Waals surface area contributed by atoms with Crippen molar-refractivity contribution in [3.8, 4) is 11.3 Å². The maximum atomic E-state index is 12.5. The van der Waals surface area contributed by atoms with Gasteiger partial charge < -0.3 is 9.88 Å². The number of nitrogens with one attached hydrogen (secondary N) is 1. The summed E-state index contributed by atoms with van der Waals surface area (Å²) >= 11 is 3.55. The zero-order chi connectivity index (χ0) is 18.7. The SMILES string of the molecule is Cn1c(C(=O)NCCN2CCS(=O)(=O)CC2)ccc1-c1ccccc1Br. The second-order valence-corrected chi connectivity index (χ2v) is 9.55. The third kappa shape index (κ3) is 4.36. The van der Waals surface area contributed by atoms with E-state index in [-0.39, 0.29) is 17.4 Å². The van der Waals surface area contributed by atoms with Crippen molar-refractivity contribution in [1.29, 1.82) is 0 Å². The van der Waals surface area contributed by atoms with E-state index in [4.69, 9.17) is 0 Å². The summed E-state index contributed by atoms with van der Waals surface area (Å²) in [6, 6.07) is 11.6. The van der Waals surface area contributed by atoms with Crippen molar-refractivity contribution in [2.24, 2.45) is 7.05 Å². The summed E-state index contributed by atoms with van der Waals surface area (Å²) in [6.45, 7) is 2.22. The highest BCUT2D eigenvalue weighted by Gasteiger charge is 2.21. The Labute approximate surface area is 162 Å². The second-order valence-electron chi connectivity index (χ2n) is 6.39. The zero-order valence-corrected chi connectivity index (χ0v) is 17.0. The van der Waals surface area contributed by atoms with Gasteiger partial charge in [-0.1, -0.05) is 34.1 Å². The third-order valence-electron chi connectivity index (χ3n) is 4.65. The Morgan fingerprint density at radius 2 is 1.85 bits per heavy atom. The van der Waals surface area contributed by atoms with Gasteiger partial charge in [-0.2, -0.15) is 0 Å². The van der Waals surface area contributed by atoms with Crippen molar-refractivity contribution in [2.75, 3.05) is 37.7 Å². The van der Waals surface area contributed by atoms with E-state index in [1.54, 1.807) is 0 Å². The first-order valence-corrected chi connectivity index (χ1v) is 11.1. The van der Waals surface area contributed by atoms with Crippen LogP contribution in [0.1, 0.15) is 10.5 Å². The number of nitrogens with zero attached hydrogens (tertiary/aromatic N) is 2. The van der Waals surface area contributed by atoms with Crippen LogP contribution in [0.3, 0.4) is 0 Å². The number of halogens is 1. The molecule has 0 saturated carbocycles. The lowest BCUT2D eigenvalue weighted by molar-refractivity contribution is 0.0940. The molecule has 3 rings (SSSR count). The van der Waals surface area contributed by atoms with Gasteiger partial charge in [0.15, 0.2) is 9.84 Å². The van der Waals surface area contributed by atoms with Gasteiger partial charge in [-0.05, 0) is 18.2 Å². The van der Waals surface area contributed by atoms with Crippen LogP contribution in [0.25, 0.3) is 11.3 Å². The Morgan fingerprint density at radius 3 is 2.54 bits per heavy atom. The fourth-order valence-corrected chi connectivity index (χ4v) is 4.84. The number of hydrogen-bond acceptors (Lipinski definition) is 4. The van der Waals surface area contributed by atoms with E-state index in [0.717, 1.165) is 15.7 Å². The number of carbonyl (C=O) groups excluding carboxylic acids is 1. The lowest BCUT2D eigenvalue weighted by Gasteiger charge is -2.26. The predicted octanol–water partition coefficient (Wildman–Crippen LogP) is 1.91. The molecule has 0 bridgehead atoms. The van der Waals surface area contributed by atoms with Gasteiger partial charge in [0.1, 0.15) is 5.69 Å². The smallest absolute Gasteiger partial charge is 0.267 e. The van der Waals surface area contributed by atoms with Gasteiger partial charge in [0.05, 0.1) is 11.5 Å². The lowest BCUT2D eigenvalue weighted by atomic mass is 10.1. The van der Waals surface area contributed by atoms with Gasteiger partial charge in [-0.15, -0.1) is 0 Å². The minimum Gasteiger partial charge on any atom is -0.349 e. The van der Waals surface area contributed by atoms with Gasteiger partial charge in [-0.3, -0.25) is 9.69 Å². The van der Waals surface area contributed by atoms with Crippen molar-refractivity contribution in [3.05, 3.63) is 46.6 Å². The first kappa shape index (κ1) is 19.1. The normalized spacial score (nSPS) is 17.2. The first-order valence-electron chi connectivity index (χ1n) is 8.49. The van der Waals surface area contributed by atoms with Crippen molar-refractivity contribution in [2.45, 2.75) is 0 Å². The summed E-state index contributed by atoms with van der Waals surface area (Å²) in [6.07, 6.45) is 0. The van der Waals surface area contributed by atoms with Crippen LogP contribution in [0.2, 0.25) is 0 Å². The molecule has 1 aliphatic rings. The van der Waals surface area contributed by atoms with E-state index in [1.165, 1.54) is 0 Å². The molecule has 1 aromatic heterocycles. The Balaban J connectivity index is 1.58. The molecule has 0 radical (unpaired) electrons. The summed E-state index contributed by atoms with van der Waals surface area (Å²) in [7, 11) is -0.995. The standard InChI is InChI=1S/C18H22BrN3O3S/c1-21-16(14-4-2-3-5-15(14)19)6-7-17(21)18(23)20-8-9-22-10-12-26(24,25)13-11-22/h2-7H,8-13H2,1H3,(H,20,23). The monoisotopic (exact) mass is 439 g/mol. The largest absolute Gasteiger partial charge is 0.349 e. The summed E-state index contributed by atoms with van der Waals surface area (Å²) in [5, 5.41) is 2.92. The molecule has 2 heterocycles. The third-order valence-corrected chi connectivity index (χ3v) is 6.96. The number of aromatic nitrogens is 1. The van der Waals surface area contributed by atoms with Gasteiger partial charge in [0, 0.05) is 49.0 Å². The summed E-state index contributed by atoms with van der Waals surface area (Å²) in [5.41, 5.74) is 2.59. The summed E-state index contributed by atoms with van der Waals surface area (Å²) < 4.78 is 25.7. The van der Waals surface area contributed by atoms with Crippen LogP contribution in [0, 0.1) is 0 Å². The maximum Gasteiger partial charge on any atom is 0.267 e. The first-order chi connectivity index (χ1) is 12.4. The Morgan fingerprint density at radius 1 is 1.15 bits per heavy atom. The van der Waals surface area contributed by atoms with Crippen LogP contribution >= 0.6 is 15.9 Å². The highest BCUT2D eigenvalue weighted by Crippen LogP contribution is 2.28. The molecule has 0 aliphatic carbocycles. The number of benzene rings is 1. The van der Waals surface area contributed by atoms with Gasteiger partial charge in [-0.25, -0.2) is 8.42 Å². The minimum absolute atomic E-state index is 0.129. The molecular weight excluding hydrogens is 418 g/mol. The molecule has 1 aliphatic heterocycles. The number of hydrogen-bond donors (Lipinski definition) is 1. The van der Waals surface area contributed by atoms with Gasteiger partial charge in [0.2, 0.25) is 0 Å². The van der Waals surface area contributed by atoms with E-state index < -0.39 is 9.84 Å². The van der Waals surface area contributed by atoms with Crippen molar-refractivity contribution < 1.29 is 13.2 Å². The summed E-state index contributed by atoms with van der Waals surface area (Å²) in [5.74, 6) is 0.276. The van der Waals surface area contributed by atoms with E-state index >= 15 is 0 Å². The van der Waals surface area contributed by atoms with Crippen molar-refractivity contribution in [3.63, 3.8) is 0 Å². The molecule has 0 atom stereocenters. The highest BCUT2D eigenvalue weighted by atomic mass is 79.9. The van der Waals surface area contributed by atoms with E-state index in [1.807, 2.05) is 48.0 Å². The Hall–Kier alpha value is -1.64. The zero-order valence-electron chi connectivity index (χ0n) is 14.6. The van der Waals surface area contributed by atoms with E-state index in [0.29, 0.717) is 31.9 Å². The fraction of sp³-hybridized carbons (Fsp3) is 0.389. The van der Waals surface area contributed by atoms with Crippen LogP contribution in [0.4, 0.5) is 0 Å². The van der Waals surface area contributed by atoms with Crippen LogP contribution in [0.15, 0.2) is 40.9 Å². The molecule has 8 heteroatoms. The molecule has 140 valence electrons. The Kier molecular flexibility index (Phi) is 5.84. The topological polar surface area (TPSA) is 71.4 Å². The molecule has 6 nitrogen and oxygen atoms in total. The van der Waals surface area contributed by atoms with Gasteiger partial charge in [0.25, 0.3) is 5.91 Å². The molecule has 26 heavy (non-hydrogen) atoms. The van der Waals surface area contributed by atoms with Crippen LogP contribution in [-0.4, -0.2) is 61.5 Å². The fourth-order valence-electron chi connectivity index (χ4n) is 3.07. The van der Waals surface area contributed by atoms with E-state index in [9.17, 15) is 13.2 Å².